The van der Waals surface area contributed by atoms with Gasteiger partial charge < -0.3 is 10.6 Å². The summed E-state index contributed by atoms with van der Waals surface area (Å²) in [6, 6.07) is 6.06. The largest absolute Gasteiger partial charge is 0.367 e. The van der Waals surface area contributed by atoms with Crippen LogP contribution in [0.2, 0.25) is 0 Å². The van der Waals surface area contributed by atoms with Crippen molar-refractivity contribution in [1.29, 1.82) is 0 Å². The second-order valence-electron chi connectivity index (χ2n) is 3.70. The fourth-order valence-electron chi connectivity index (χ4n) is 1.49. The summed E-state index contributed by atoms with van der Waals surface area (Å²) in [5, 5.41) is 3.79. The number of nitrogens with two attached hydrogens (primary N) is 1. The Morgan fingerprint density at radius 3 is 2.83 bits per heavy atom. The number of nitrogens with zero attached hydrogens (tertiary/aromatic N) is 4. The number of aromatic nitrogens is 3. The summed E-state index contributed by atoms with van der Waals surface area (Å²) in [7, 11) is 1.50. The molecule has 0 radical (unpaired) electrons. The van der Waals surface area contributed by atoms with E-state index in [-0.39, 0.29) is 24.1 Å². The van der Waals surface area contributed by atoms with Gasteiger partial charge >= 0.3 is 0 Å². The third-order valence-electron chi connectivity index (χ3n) is 2.44. The summed E-state index contributed by atoms with van der Waals surface area (Å²) in [5.74, 6) is -0.673. The average molecular weight is 249 g/mol. The maximum Gasteiger partial charge on any atom is 0.248 e. The maximum atomic E-state index is 13.5. The van der Waals surface area contributed by atoms with Crippen molar-refractivity contribution >= 4 is 17.5 Å². The number of carbonyl (C=O) groups is 1. The molecule has 6 nitrogen and oxygen atoms in total. The number of nitrogen functional groups attached to an aromatic ring is 1. The fourth-order valence-corrected chi connectivity index (χ4v) is 1.49. The predicted octanol–water partition coefficient (Wildman–Crippen LogP) is 0.662. The van der Waals surface area contributed by atoms with Gasteiger partial charge in [0.2, 0.25) is 11.9 Å². The molecule has 0 bridgehead atoms. The lowest BCUT2D eigenvalue weighted by molar-refractivity contribution is -0.119. The summed E-state index contributed by atoms with van der Waals surface area (Å²) in [6.07, 6.45) is 1.35. The minimum absolute atomic E-state index is 0.0466. The number of hydrogen-bond acceptors (Lipinski definition) is 4. The average Bonchev–Trinajstić information content (AvgIpc) is 2.74. The van der Waals surface area contributed by atoms with Gasteiger partial charge in [0.15, 0.2) is 0 Å². The van der Waals surface area contributed by atoms with Gasteiger partial charge in [-0.25, -0.2) is 14.1 Å². The molecule has 0 saturated heterocycles. The van der Waals surface area contributed by atoms with Crippen LogP contribution in [-0.2, 0) is 11.3 Å². The minimum atomic E-state index is -0.452. The van der Waals surface area contributed by atoms with Crippen molar-refractivity contribution in [3.8, 4) is 0 Å². The number of likely N-dealkylation sites (N-methyl/N-ethyl adjacent to an activating group) is 1. The molecule has 2 aromatic rings. The van der Waals surface area contributed by atoms with Gasteiger partial charge in [-0.05, 0) is 12.1 Å². The second-order valence-corrected chi connectivity index (χ2v) is 3.70. The number of rotatable bonds is 3. The van der Waals surface area contributed by atoms with E-state index in [2.05, 4.69) is 10.1 Å². The summed E-state index contributed by atoms with van der Waals surface area (Å²) in [4.78, 5) is 16.8. The third kappa shape index (κ3) is 2.45. The number of halogens is 1. The van der Waals surface area contributed by atoms with Gasteiger partial charge in [-0.1, -0.05) is 12.1 Å². The van der Waals surface area contributed by atoms with E-state index < -0.39 is 5.82 Å². The molecule has 0 aliphatic rings. The Balaban J connectivity index is 2.12. The first-order valence-corrected chi connectivity index (χ1v) is 5.24. The zero-order valence-electron chi connectivity index (χ0n) is 9.75. The molecular formula is C11H12FN5O. The third-order valence-corrected chi connectivity index (χ3v) is 2.44. The Labute approximate surface area is 103 Å². The van der Waals surface area contributed by atoms with E-state index >= 15 is 0 Å². The van der Waals surface area contributed by atoms with Crippen molar-refractivity contribution in [3.63, 3.8) is 0 Å². The predicted molar refractivity (Wildman–Crippen MR) is 64.2 cm³/mol. The number of para-hydroxylation sites is 1. The summed E-state index contributed by atoms with van der Waals surface area (Å²) in [6.45, 7) is -0.0466. The van der Waals surface area contributed by atoms with Crippen molar-refractivity contribution in [2.75, 3.05) is 17.7 Å². The van der Waals surface area contributed by atoms with E-state index in [1.54, 1.807) is 12.1 Å². The number of carbonyl (C=O) groups excluding carboxylic acids is 1. The Hall–Kier alpha value is -2.44. The van der Waals surface area contributed by atoms with E-state index in [0.29, 0.717) is 0 Å². The van der Waals surface area contributed by atoms with Crippen LogP contribution in [0.25, 0.3) is 0 Å². The lowest BCUT2D eigenvalue weighted by Crippen LogP contribution is -2.30. The topological polar surface area (TPSA) is 77.0 Å². The summed E-state index contributed by atoms with van der Waals surface area (Å²) in [5.41, 5.74) is 5.56. The smallest absolute Gasteiger partial charge is 0.248 e. The molecule has 0 fully saturated rings. The molecule has 1 aromatic carbocycles. The Morgan fingerprint density at radius 2 is 2.22 bits per heavy atom. The van der Waals surface area contributed by atoms with E-state index in [4.69, 9.17) is 5.73 Å². The Bertz CT molecular complexity index is 568. The van der Waals surface area contributed by atoms with E-state index in [0.717, 1.165) is 0 Å². The van der Waals surface area contributed by atoms with Crippen LogP contribution in [0.15, 0.2) is 30.6 Å². The maximum absolute atomic E-state index is 13.5. The van der Waals surface area contributed by atoms with Crippen molar-refractivity contribution in [3.05, 3.63) is 36.4 Å². The lowest BCUT2D eigenvalue weighted by Gasteiger charge is -2.17. The molecule has 0 spiro atoms. The molecule has 94 valence electrons. The van der Waals surface area contributed by atoms with Gasteiger partial charge in [-0.2, -0.15) is 0 Å². The molecule has 7 heteroatoms. The van der Waals surface area contributed by atoms with E-state index in [1.807, 2.05) is 0 Å². The first kappa shape index (κ1) is 12.0. The summed E-state index contributed by atoms with van der Waals surface area (Å²) < 4.78 is 14.8. The highest BCUT2D eigenvalue weighted by molar-refractivity contribution is 5.92. The number of amides is 1. The quantitative estimate of drug-likeness (QED) is 0.867. The molecule has 0 unspecified atom stereocenters. The fraction of sp³-hybridized carbons (Fsp3) is 0.182. The molecule has 0 aliphatic heterocycles. The van der Waals surface area contributed by atoms with Crippen LogP contribution in [0, 0.1) is 5.82 Å². The van der Waals surface area contributed by atoms with E-state index in [1.165, 1.54) is 35.1 Å². The highest BCUT2D eigenvalue weighted by atomic mass is 19.1. The standard InChI is InChI=1S/C11H12FN5O/c1-16(9-5-3-2-4-8(9)12)10(18)6-17-7-14-11(13)15-17/h2-5,7H,6H2,1H3,(H2,13,15). The normalized spacial score (nSPS) is 10.3. The first-order chi connectivity index (χ1) is 8.58. The minimum Gasteiger partial charge on any atom is -0.367 e. The second kappa shape index (κ2) is 4.82. The molecule has 0 atom stereocenters. The van der Waals surface area contributed by atoms with Crippen molar-refractivity contribution < 1.29 is 9.18 Å². The molecule has 1 aromatic heterocycles. The van der Waals surface area contributed by atoms with Crippen LogP contribution in [0.5, 0.6) is 0 Å². The van der Waals surface area contributed by atoms with Crippen LogP contribution in [-0.4, -0.2) is 27.7 Å². The van der Waals surface area contributed by atoms with Crippen LogP contribution in [0.4, 0.5) is 16.0 Å². The molecule has 0 aliphatic carbocycles. The van der Waals surface area contributed by atoms with Gasteiger partial charge in [0.05, 0.1) is 5.69 Å². The highest BCUT2D eigenvalue weighted by Gasteiger charge is 2.15. The number of benzene rings is 1. The van der Waals surface area contributed by atoms with Crippen LogP contribution >= 0.6 is 0 Å². The van der Waals surface area contributed by atoms with Crippen molar-refractivity contribution in [2.45, 2.75) is 6.54 Å². The molecule has 1 heterocycles. The summed E-state index contributed by atoms with van der Waals surface area (Å²) >= 11 is 0. The molecule has 2 rings (SSSR count). The Kier molecular flexibility index (Phi) is 3.22. The molecule has 2 N–H and O–H groups in total. The first-order valence-electron chi connectivity index (χ1n) is 5.24. The van der Waals surface area contributed by atoms with Crippen LogP contribution in [0.3, 0.4) is 0 Å². The van der Waals surface area contributed by atoms with Gasteiger partial charge in [0.25, 0.3) is 0 Å². The number of anilines is 2. The molecule has 0 saturated carbocycles. The molecular weight excluding hydrogens is 237 g/mol. The lowest BCUT2D eigenvalue weighted by atomic mass is 10.3. The van der Waals surface area contributed by atoms with Crippen LogP contribution in [0.1, 0.15) is 0 Å². The van der Waals surface area contributed by atoms with Gasteiger partial charge in [0.1, 0.15) is 18.7 Å². The van der Waals surface area contributed by atoms with Gasteiger partial charge in [-0.3, -0.25) is 4.79 Å². The SMILES string of the molecule is CN(C(=O)Cn1cnc(N)n1)c1ccccc1F. The zero-order valence-corrected chi connectivity index (χ0v) is 9.75. The highest BCUT2D eigenvalue weighted by Crippen LogP contribution is 2.17. The monoisotopic (exact) mass is 249 g/mol. The molecule has 1 amide bonds. The van der Waals surface area contributed by atoms with Crippen LogP contribution < -0.4 is 10.6 Å². The van der Waals surface area contributed by atoms with Crippen molar-refractivity contribution in [1.82, 2.24) is 14.8 Å². The van der Waals surface area contributed by atoms with Crippen molar-refractivity contribution in [2.24, 2.45) is 0 Å². The van der Waals surface area contributed by atoms with Gasteiger partial charge in [0, 0.05) is 7.05 Å². The number of hydrogen-bond donors (Lipinski definition) is 1. The van der Waals surface area contributed by atoms with Gasteiger partial charge in [-0.15, -0.1) is 5.10 Å². The van der Waals surface area contributed by atoms with E-state index in [9.17, 15) is 9.18 Å². The Morgan fingerprint density at radius 1 is 1.50 bits per heavy atom. The molecule has 18 heavy (non-hydrogen) atoms. The zero-order chi connectivity index (χ0) is 13.1.